The summed E-state index contributed by atoms with van der Waals surface area (Å²) < 4.78 is 5.29. The molecule has 2 aromatic carbocycles. The second-order valence-electron chi connectivity index (χ2n) is 13.6. The Hall–Kier alpha value is -4.60. The summed E-state index contributed by atoms with van der Waals surface area (Å²) in [5.74, 6) is -3.72. The van der Waals surface area contributed by atoms with Gasteiger partial charge in [0.15, 0.2) is 17.1 Å². The second kappa shape index (κ2) is 19.0. The fourth-order valence-corrected chi connectivity index (χ4v) is 6.41. The summed E-state index contributed by atoms with van der Waals surface area (Å²) in [6.07, 6.45) is 0.174. The van der Waals surface area contributed by atoms with Crippen LogP contribution in [0.5, 0.6) is 0 Å². The molecular weight excluding hydrogens is 636 g/mol. The van der Waals surface area contributed by atoms with Crippen molar-refractivity contribution < 1.29 is 28.7 Å². The van der Waals surface area contributed by atoms with Gasteiger partial charge >= 0.3 is 6.09 Å². The van der Waals surface area contributed by atoms with E-state index < -0.39 is 53.1 Å². The molecule has 1 heterocycles. The minimum atomic E-state index is -1.73. The van der Waals surface area contributed by atoms with Gasteiger partial charge in [0, 0.05) is 12.5 Å². The number of Topliss-reactive ketones (excluding diaryl/α,β-unsaturated/α-hetero) is 2. The number of carbonyl (C=O) groups excluding carboxylic acids is 5. The lowest BCUT2D eigenvalue weighted by molar-refractivity contribution is -0.147. The summed E-state index contributed by atoms with van der Waals surface area (Å²) in [6.45, 7) is 8.16. The van der Waals surface area contributed by atoms with Crippen molar-refractivity contribution in [3.63, 3.8) is 0 Å². The van der Waals surface area contributed by atoms with E-state index in [-0.39, 0.29) is 50.2 Å². The highest BCUT2D eigenvalue weighted by molar-refractivity contribution is 6.15. The lowest BCUT2D eigenvalue weighted by Crippen LogP contribution is -2.67. The Morgan fingerprint density at radius 1 is 0.980 bits per heavy atom. The number of nitrogens with zero attached hydrogens (tertiary/aromatic N) is 2. The van der Waals surface area contributed by atoms with Crippen molar-refractivity contribution in [3.8, 4) is 6.07 Å². The van der Waals surface area contributed by atoms with Gasteiger partial charge in [0.1, 0.15) is 18.7 Å². The molecule has 1 fully saturated rings. The summed E-state index contributed by atoms with van der Waals surface area (Å²) in [5.41, 5.74) is 6.59. The van der Waals surface area contributed by atoms with Gasteiger partial charge in [0.2, 0.25) is 11.8 Å². The lowest BCUT2D eigenvalue weighted by Gasteiger charge is -2.38. The highest BCUT2D eigenvalue weighted by Crippen LogP contribution is 2.33. The molecule has 0 saturated carbocycles. The van der Waals surface area contributed by atoms with E-state index in [1.807, 2.05) is 70.2 Å². The number of nitrogens with one attached hydrogen (secondary N) is 3. The average Bonchev–Trinajstić information content (AvgIpc) is 3.51. The van der Waals surface area contributed by atoms with Crippen molar-refractivity contribution in [2.24, 2.45) is 23.5 Å². The average molecular weight is 689 g/mol. The zero-order valence-electron chi connectivity index (χ0n) is 29.8. The molecule has 12 heteroatoms. The Morgan fingerprint density at radius 2 is 1.60 bits per heavy atom. The number of nitriles is 1. The van der Waals surface area contributed by atoms with Crippen LogP contribution in [0.2, 0.25) is 0 Å². The Labute approximate surface area is 295 Å². The molecule has 3 amide bonds. The predicted octanol–water partition coefficient (Wildman–Crippen LogP) is 3.63. The maximum absolute atomic E-state index is 14.6. The number of hydrogen-bond acceptors (Lipinski definition) is 9. The molecule has 0 bridgehead atoms. The van der Waals surface area contributed by atoms with Crippen LogP contribution in [-0.2, 0) is 37.1 Å². The number of rotatable bonds is 18. The number of nitrogens with two attached hydrogens (primary N) is 1. The van der Waals surface area contributed by atoms with E-state index in [0.717, 1.165) is 11.1 Å². The molecule has 0 aliphatic carbocycles. The molecule has 1 aliphatic rings. The zero-order valence-corrected chi connectivity index (χ0v) is 29.8. The molecule has 0 aromatic heterocycles. The van der Waals surface area contributed by atoms with Crippen LogP contribution in [0.15, 0.2) is 60.7 Å². The first-order valence-electron chi connectivity index (χ1n) is 17.4. The summed E-state index contributed by atoms with van der Waals surface area (Å²) >= 11 is 0. The third-order valence-electron chi connectivity index (χ3n) is 9.53. The van der Waals surface area contributed by atoms with Crippen LogP contribution in [-0.4, -0.2) is 71.6 Å². The molecule has 0 radical (unpaired) electrons. The molecule has 50 heavy (non-hydrogen) atoms. The molecule has 5 N–H and O–H groups in total. The Bertz CT molecular complexity index is 1500. The number of alkyl carbamates (subject to hydrolysis) is 1. The highest BCUT2D eigenvalue weighted by atomic mass is 16.5. The van der Waals surface area contributed by atoms with E-state index in [2.05, 4.69) is 16.0 Å². The number of amides is 3. The third kappa shape index (κ3) is 10.2. The summed E-state index contributed by atoms with van der Waals surface area (Å²) in [4.78, 5) is 70.7. The number of ether oxygens (including phenoxy) is 1. The van der Waals surface area contributed by atoms with Crippen molar-refractivity contribution in [1.29, 1.82) is 5.26 Å². The first-order valence-corrected chi connectivity index (χ1v) is 17.4. The number of ketones is 2. The van der Waals surface area contributed by atoms with Crippen LogP contribution in [0.1, 0.15) is 70.9 Å². The molecule has 1 unspecified atom stereocenters. The molecule has 1 saturated heterocycles. The van der Waals surface area contributed by atoms with Crippen LogP contribution in [0.4, 0.5) is 4.79 Å². The molecule has 2 aromatic rings. The number of likely N-dealkylation sites (N-methyl/N-ethyl adjacent to an activating group) is 1. The number of likely N-dealkylation sites (tertiary alicyclic amines) is 1. The molecule has 270 valence electrons. The Morgan fingerprint density at radius 3 is 2.14 bits per heavy atom. The van der Waals surface area contributed by atoms with E-state index in [1.54, 1.807) is 36.2 Å². The number of benzene rings is 2. The van der Waals surface area contributed by atoms with Crippen LogP contribution in [0.3, 0.4) is 0 Å². The van der Waals surface area contributed by atoms with Crippen molar-refractivity contribution in [1.82, 2.24) is 20.9 Å². The van der Waals surface area contributed by atoms with Gasteiger partial charge in [-0.05, 0) is 55.8 Å². The van der Waals surface area contributed by atoms with Crippen molar-refractivity contribution in [2.75, 3.05) is 13.6 Å². The van der Waals surface area contributed by atoms with Gasteiger partial charge < -0.3 is 26.4 Å². The monoisotopic (exact) mass is 688 g/mol. The normalized spacial score (nSPS) is 18.9. The minimum absolute atomic E-state index is 0.0422. The van der Waals surface area contributed by atoms with Crippen LogP contribution in [0.25, 0.3) is 0 Å². The van der Waals surface area contributed by atoms with Crippen molar-refractivity contribution >= 4 is 29.5 Å². The van der Waals surface area contributed by atoms with Gasteiger partial charge in [-0.2, -0.15) is 5.26 Å². The second-order valence-corrected chi connectivity index (χ2v) is 13.6. The predicted molar refractivity (Wildman–Crippen MR) is 189 cm³/mol. The van der Waals surface area contributed by atoms with E-state index in [0.29, 0.717) is 19.4 Å². The SMILES string of the molecule is CC[C@H](C)[C@H](NC(=O)[C@@]1(C(=O)C(N)[C@H](CC(C)C)C(=O)[C@H](CC#N)NC(=O)OCc2ccccc2)CCCN1C)C(=O)NCc1ccccc1. The van der Waals surface area contributed by atoms with Gasteiger partial charge in [-0.25, -0.2) is 4.79 Å². The Kier molecular flexibility index (Phi) is 15.1. The lowest BCUT2D eigenvalue weighted by atomic mass is 9.76. The first kappa shape index (κ1) is 39.8. The quantitative estimate of drug-likeness (QED) is 0.170. The van der Waals surface area contributed by atoms with Crippen LogP contribution >= 0.6 is 0 Å². The molecular formula is C38H52N6O6. The highest BCUT2D eigenvalue weighted by Gasteiger charge is 2.55. The van der Waals surface area contributed by atoms with Crippen LogP contribution < -0.4 is 21.7 Å². The fraction of sp³-hybridized carbons (Fsp3) is 0.526. The van der Waals surface area contributed by atoms with E-state index in [9.17, 15) is 29.2 Å². The van der Waals surface area contributed by atoms with Gasteiger partial charge in [0.05, 0.1) is 18.5 Å². The van der Waals surface area contributed by atoms with Crippen molar-refractivity contribution in [3.05, 3.63) is 71.8 Å². The molecule has 1 aliphatic heterocycles. The zero-order chi connectivity index (χ0) is 36.8. The summed E-state index contributed by atoms with van der Waals surface area (Å²) in [7, 11) is 1.66. The van der Waals surface area contributed by atoms with Gasteiger partial charge in [0.25, 0.3) is 0 Å². The van der Waals surface area contributed by atoms with Gasteiger partial charge in [-0.1, -0.05) is 94.8 Å². The first-order chi connectivity index (χ1) is 23.8. The fourth-order valence-electron chi connectivity index (χ4n) is 6.41. The third-order valence-corrected chi connectivity index (χ3v) is 9.53. The smallest absolute Gasteiger partial charge is 0.408 e. The Balaban J connectivity index is 1.85. The summed E-state index contributed by atoms with van der Waals surface area (Å²) in [6, 6.07) is 16.7. The maximum Gasteiger partial charge on any atom is 0.408 e. The summed E-state index contributed by atoms with van der Waals surface area (Å²) in [5, 5.41) is 17.8. The largest absolute Gasteiger partial charge is 0.445 e. The molecule has 0 spiro atoms. The number of carbonyl (C=O) groups is 5. The van der Waals surface area contributed by atoms with Gasteiger partial charge in [-0.3, -0.25) is 24.1 Å². The van der Waals surface area contributed by atoms with Gasteiger partial charge in [-0.15, -0.1) is 0 Å². The minimum Gasteiger partial charge on any atom is -0.445 e. The standard InChI is InChI=1S/C38H52N6O6/c1-6-26(4)32(35(47)41-23-27-14-9-7-10-15-27)43-36(48)38(19-13-21-44(38)5)34(46)31(40)29(22-25(2)3)33(45)30(18-20-39)42-37(49)50-24-28-16-11-8-12-17-28/h7-12,14-17,25-26,29-32H,6,13,18-19,21-24,40H2,1-5H3,(H,41,47)(H,42,49)(H,43,48)/t26-,29-,30-,31?,32-,38-/m0/s1. The van der Waals surface area contributed by atoms with E-state index in [1.165, 1.54) is 0 Å². The molecule has 12 nitrogen and oxygen atoms in total. The van der Waals surface area contributed by atoms with Crippen LogP contribution in [0, 0.1) is 29.1 Å². The maximum atomic E-state index is 14.6. The van der Waals surface area contributed by atoms with Crippen molar-refractivity contribution in [2.45, 2.75) is 96.6 Å². The van der Waals surface area contributed by atoms with E-state index in [4.69, 9.17) is 10.5 Å². The molecule has 3 rings (SSSR count). The van der Waals surface area contributed by atoms with E-state index >= 15 is 0 Å². The molecule has 6 atom stereocenters. The topological polar surface area (TPSA) is 184 Å². The number of hydrogen-bond donors (Lipinski definition) is 4.